The van der Waals surface area contributed by atoms with Gasteiger partial charge in [0.25, 0.3) is 0 Å². The number of aromatic amines is 1. The Balaban J connectivity index is 2.06. The molecule has 0 amide bonds. The predicted molar refractivity (Wildman–Crippen MR) is 74.9 cm³/mol. The molecule has 0 aliphatic rings. The average Bonchev–Trinajstić information content (AvgIpc) is 3.01. The molecule has 0 radical (unpaired) electrons. The number of halogens is 1. The van der Waals surface area contributed by atoms with Gasteiger partial charge in [0.05, 0.1) is 23.4 Å². The zero-order valence-electron chi connectivity index (χ0n) is 11.5. The van der Waals surface area contributed by atoms with Gasteiger partial charge in [0.1, 0.15) is 10.7 Å². The van der Waals surface area contributed by atoms with Crippen molar-refractivity contribution in [1.29, 1.82) is 0 Å². The second kappa shape index (κ2) is 5.05. The lowest BCUT2D eigenvalue weighted by atomic mass is 10.3. The summed E-state index contributed by atoms with van der Waals surface area (Å²) in [5.74, 6) is -0.781. The van der Waals surface area contributed by atoms with Crippen LogP contribution in [0.5, 0.6) is 5.75 Å². The third kappa shape index (κ3) is 2.85. The molecule has 23 heavy (non-hydrogen) atoms. The van der Waals surface area contributed by atoms with Crippen molar-refractivity contribution in [3.8, 4) is 11.7 Å². The van der Waals surface area contributed by atoms with Crippen molar-refractivity contribution in [2.45, 2.75) is 4.90 Å². The predicted octanol–water partition coefficient (Wildman–Crippen LogP) is 1.35. The van der Waals surface area contributed by atoms with Crippen LogP contribution in [-0.2, 0) is 9.84 Å². The summed E-state index contributed by atoms with van der Waals surface area (Å²) in [6.45, 7) is 0. The van der Waals surface area contributed by atoms with Crippen molar-refractivity contribution in [3.05, 3.63) is 30.3 Å². The van der Waals surface area contributed by atoms with Crippen molar-refractivity contribution in [1.82, 2.24) is 19.7 Å². The van der Waals surface area contributed by atoms with Crippen LogP contribution in [0.2, 0.25) is 0 Å². The second-order valence-electron chi connectivity index (χ2n) is 4.62. The molecule has 120 valence electrons. The molecule has 0 bridgehead atoms. The first-order valence-electron chi connectivity index (χ1n) is 6.09. The van der Waals surface area contributed by atoms with Crippen LogP contribution in [0.15, 0.2) is 29.4 Å². The van der Waals surface area contributed by atoms with E-state index in [-0.39, 0.29) is 22.7 Å². The van der Waals surface area contributed by atoms with Crippen LogP contribution in [0, 0.1) is 5.82 Å². The molecule has 0 unspecified atom stereocenters. The third-order valence-corrected chi connectivity index (χ3v) is 4.02. The number of rotatable bonds is 3. The maximum Gasteiger partial charge on any atom is 0.511 e. The van der Waals surface area contributed by atoms with E-state index in [0.29, 0.717) is 0 Å². The lowest BCUT2D eigenvalue weighted by Crippen LogP contribution is -2.02. The SMILES string of the molecule is CS(=O)(=O)c1cc2nc(-n3cc(OC(=O)O)cn3)[nH]c2cc1F. The van der Waals surface area contributed by atoms with Crippen molar-refractivity contribution >= 4 is 27.0 Å². The number of nitrogens with zero attached hydrogens (tertiary/aromatic N) is 3. The highest BCUT2D eigenvalue weighted by atomic mass is 32.2. The minimum Gasteiger partial charge on any atom is -0.449 e. The van der Waals surface area contributed by atoms with Gasteiger partial charge >= 0.3 is 6.16 Å². The Morgan fingerprint density at radius 3 is 2.83 bits per heavy atom. The average molecular weight is 340 g/mol. The Hall–Kier alpha value is -2.95. The minimum atomic E-state index is -3.73. The van der Waals surface area contributed by atoms with Crippen molar-refractivity contribution < 1.29 is 27.4 Å². The van der Waals surface area contributed by atoms with E-state index in [1.165, 1.54) is 10.9 Å². The van der Waals surface area contributed by atoms with Gasteiger partial charge in [-0.2, -0.15) is 5.10 Å². The number of carboxylic acid groups (broad SMARTS) is 1. The molecule has 0 spiro atoms. The number of sulfone groups is 1. The smallest absolute Gasteiger partial charge is 0.449 e. The molecular formula is C12H9FN4O5S. The molecule has 3 rings (SSSR count). The molecule has 0 saturated carbocycles. The summed E-state index contributed by atoms with van der Waals surface area (Å²) in [5.41, 5.74) is 0.485. The van der Waals surface area contributed by atoms with E-state index in [2.05, 4.69) is 19.8 Å². The number of ether oxygens (including phenoxy) is 1. The highest BCUT2D eigenvalue weighted by Gasteiger charge is 2.17. The van der Waals surface area contributed by atoms with E-state index >= 15 is 0 Å². The van der Waals surface area contributed by atoms with Gasteiger partial charge in [-0.25, -0.2) is 27.3 Å². The first-order chi connectivity index (χ1) is 10.7. The molecule has 1 aromatic carbocycles. The summed E-state index contributed by atoms with van der Waals surface area (Å²) in [4.78, 5) is 16.8. The van der Waals surface area contributed by atoms with Crippen LogP contribution < -0.4 is 4.74 Å². The molecule has 2 heterocycles. The van der Waals surface area contributed by atoms with Gasteiger partial charge < -0.3 is 14.8 Å². The minimum absolute atomic E-state index is 0.0269. The molecule has 0 aliphatic carbocycles. The number of H-pyrrole nitrogens is 1. The van der Waals surface area contributed by atoms with E-state index < -0.39 is 26.7 Å². The summed E-state index contributed by atoms with van der Waals surface area (Å²) in [7, 11) is -3.73. The number of aromatic nitrogens is 4. The Morgan fingerprint density at radius 1 is 1.43 bits per heavy atom. The molecule has 2 N–H and O–H groups in total. The zero-order valence-corrected chi connectivity index (χ0v) is 12.3. The molecule has 0 saturated heterocycles. The molecule has 0 atom stereocenters. The molecular weight excluding hydrogens is 331 g/mol. The number of benzene rings is 1. The number of nitrogens with one attached hydrogen (secondary N) is 1. The molecule has 0 aliphatic heterocycles. The van der Waals surface area contributed by atoms with Gasteiger partial charge in [0.15, 0.2) is 15.6 Å². The van der Waals surface area contributed by atoms with Gasteiger partial charge in [-0.15, -0.1) is 0 Å². The largest absolute Gasteiger partial charge is 0.511 e. The van der Waals surface area contributed by atoms with Crippen LogP contribution in [0.1, 0.15) is 0 Å². The molecule has 11 heteroatoms. The summed E-state index contributed by atoms with van der Waals surface area (Å²) in [6.07, 6.45) is 1.81. The summed E-state index contributed by atoms with van der Waals surface area (Å²) >= 11 is 0. The maximum absolute atomic E-state index is 13.8. The van der Waals surface area contributed by atoms with Crippen LogP contribution in [0.3, 0.4) is 0 Å². The normalized spacial score (nSPS) is 11.7. The molecule has 3 aromatic rings. The Morgan fingerprint density at radius 2 is 2.17 bits per heavy atom. The zero-order chi connectivity index (χ0) is 16.8. The fraction of sp³-hybridized carbons (Fsp3) is 0.0833. The first-order valence-corrected chi connectivity index (χ1v) is 7.98. The van der Waals surface area contributed by atoms with Crippen LogP contribution in [0.4, 0.5) is 9.18 Å². The quantitative estimate of drug-likeness (QED) is 0.689. The summed E-state index contributed by atoms with van der Waals surface area (Å²) < 4.78 is 42.5. The summed E-state index contributed by atoms with van der Waals surface area (Å²) in [5, 5.41) is 12.4. The second-order valence-corrected chi connectivity index (χ2v) is 6.61. The monoisotopic (exact) mass is 340 g/mol. The standard InChI is InChI=1S/C12H9FN4O5S/c1-23(20,21)10-3-9-8(2-7(10)13)15-11(16-9)17-5-6(4-14-17)22-12(18)19/h2-5H,1H3,(H,15,16)(H,18,19). The first kappa shape index (κ1) is 15.0. The van der Waals surface area contributed by atoms with Gasteiger partial charge in [-0.05, 0) is 6.07 Å². The molecule has 9 nitrogen and oxygen atoms in total. The number of fused-ring (bicyclic) bond motifs is 1. The van der Waals surface area contributed by atoms with E-state index in [4.69, 9.17) is 5.11 Å². The molecule has 0 fully saturated rings. The van der Waals surface area contributed by atoms with Crippen LogP contribution in [0.25, 0.3) is 17.0 Å². The number of imidazole rings is 1. The van der Waals surface area contributed by atoms with Gasteiger partial charge in [-0.3, -0.25) is 0 Å². The lowest BCUT2D eigenvalue weighted by Gasteiger charge is -1.99. The number of hydrogen-bond acceptors (Lipinski definition) is 6. The Labute approximate surface area is 128 Å². The van der Waals surface area contributed by atoms with Crippen molar-refractivity contribution in [2.24, 2.45) is 0 Å². The fourth-order valence-electron chi connectivity index (χ4n) is 1.97. The van der Waals surface area contributed by atoms with Crippen molar-refractivity contribution in [3.63, 3.8) is 0 Å². The topological polar surface area (TPSA) is 127 Å². The third-order valence-electron chi connectivity index (χ3n) is 2.90. The van der Waals surface area contributed by atoms with Gasteiger partial charge in [0, 0.05) is 12.3 Å². The van der Waals surface area contributed by atoms with E-state index in [1.54, 1.807) is 0 Å². The fourth-order valence-corrected chi connectivity index (χ4v) is 2.70. The van der Waals surface area contributed by atoms with E-state index in [0.717, 1.165) is 24.6 Å². The number of carbonyl (C=O) groups is 1. The van der Waals surface area contributed by atoms with Crippen LogP contribution >= 0.6 is 0 Å². The van der Waals surface area contributed by atoms with Gasteiger partial charge in [0.2, 0.25) is 5.95 Å². The Bertz CT molecular complexity index is 1020. The molecule has 2 aromatic heterocycles. The Kier molecular flexibility index (Phi) is 3.29. The van der Waals surface area contributed by atoms with Crippen molar-refractivity contribution in [2.75, 3.05) is 6.26 Å². The van der Waals surface area contributed by atoms with E-state index in [1.807, 2.05) is 0 Å². The van der Waals surface area contributed by atoms with Gasteiger partial charge in [-0.1, -0.05) is 0 Å². The highest BCUT2D eigenvalue weighted by molar-refractivity contribution is 7.90. The summed E-state index contributed by atoms with van der Waals surface area (Å²) in [6, 6.07) is 2.12. The number of hydrogen-bond donors (Lipinski definition) is 2. The van der Waals surface area contributed by atoms with E-state index in [9.17, 15) is 17.6 Å². The highest BCUT2D eigenvalue weighted by Crippen LogP contribution is 2.22. The maximum atomic E-state index is 13.8. The lowest BCUT2D eigenvalue weighted by molar-refractivity contribution is 0.144. The van der Waals surface area contributed by atoms with Crippen LogP contribution in [-0.4, -0.2) is 45.7 Å².